The topological polar surface area (TPSA) is 192 Å². The Labute approximate surface area is 205 Å². The van der Waals surface area contributed by atoms with Crippen LogP contribution >= 0.6 is 12.4 Å². The summed E-state index contributed by atoms with van der Waals surface area (Å²) in [7, 11) is 0. The van der Waals surface area contributed by atoms with Crippen LogP contribution in [0.15, 0.2) is 87.2 Å². The van der Waals surface area contributed by atoms with Crippen LogP contribution < -0.4 is 22.9 Å². The molecule has 5 aromatic rings. The molecule has 35 heavy (non-hydrogen) atoms. The number of nitrogens with zero attached hydrogens (tertiary/aromatic N) is 7. The van der Waals surface area contributed by atoms with Crippen molar-refractivity contribution in [2.45, 2.75) is 0 Å². The number of halogens is 1. The van der Waals surface area contributed by atoms with E-state index in [1.54, 1.807) is 24.3 Å². The number of anilines is 4. The molecule has 2 aromatic carbocycles. The molecule has 0 aliphatic rings. The van der Waals surface area contributed by atoms with Crippen LogP contribution in [0.25, 0.3) is 21.8 Å². The highest BCUT2D eigenvalue weighted by molar-refractivity contribution is 5.94. The predicted molar refractivity (Wildman–Crippen MR) is 141 cm³/mol. The monoisotopic (exact) mass is 485 g/mol. The summed E-state index contributed by atoms with van der Waals surface area (Å²) in [6.07, 6.45) is 0. The molecule has 0 bridgehead atoms. The van der Waals surface area contributed by atoms with Crippen molar-refractivity contribution >= 4 is 80.2 Å². The van der Waals surface area contributed by atoms with Crippen molar-refractivity contribution in [3.05, 3.63) is 66.7 Å². The number of azo groups is 2. The Balaban J connectivity index is 0.00000289. The predicted octanol–water partition coefficient (Wildman–Crippen LogP) is 5.76. The average Bonchev–Trinajstić information content (AvgIpc) is 2.81. The molecule has 0 atom stereocenters. The van der Waals surface area contributed by atoms with E-state index in [0.717, 1.165) is 21.8 Å². The zero-order chi connectivity index (χ0) is 23.7. The van der Waals surface area contributed by atoms with E-state index >= 15 is 0 Å². The van der Waals surface area contributed by atoms with E-state index in [4.69, 9.17) is 27.9 Å². The van der Waals surface area contributed by atoms with Crippen LogP contribution in [0.4, 0.5) is 46.0 Å². The fourth-order valence-corrected chi connectivity index (χ4v) is 3.28. The minimum absolute atomic E-state index is 0. The van der Waals surface area contributed by atoms with E-state index in [-0.39, 0.29) is 24.0 Å². The molecule has 3 heterocycles. The summed E-state index contributed by atoms with van der Waals surface area (Å²) in [6.45, 7) is 0. The fraction of sp³-hybridized carbons (Fsp3) is 0. The number of pyridine rings is 3. The van der Waals surface area contributed by atoms with E-state index in [1.807, 2.05) is 42.5 Å². The SMILES string of the molecule is Cl.Nc1ccc(N=Nc2ccc3cc4ccc(N=Nc5ccc(N)nc5N)cc4nc3c2)c(N)n1. The van der Waals surface area contributed by atoms with Gasteiger partial charge in [0.15, 0.2) is 11.6 Å². The van der Waals surface area contributed by atoms with E-state index in [9.17, 15) is 0 Å². The molecule has 3 aromatic heterocycles. The van der Waals surface area contributed by atoms with Crippen LogP contribution in [0.1, 0.15) is 0 Å². The van der Waals surface area contributed by atoms with E-state index in [0.29, 0.717) is 34.4 Å². The van der Waals surface area contributed by atoms with Crippen molar-refractivity contribution in [3.8, 4) is 0 Å². The Hall–Kier alpha value is -4.90. The van der Waals surface area contributed by atoms with Gasteiger partial charge in [0.25, 0.3) is 0 Å². The smallest absolute Gasteiger partial charge is 0.153 e. The molecule has 12 heteroatoms. The molecule has 5 rings (SSSR count). The first-order valence-corrected chi connectivity index (χ1v) is 10.2. The van der Waals surface area contributed by atoms with E-state index < -0.39 is 0 Å². The van der Waals surface area contributed by atoms with Gasteiger partial charge >= 0.3 is 0 Å². The van der Waals surface area contributed by atoms with Gasteiger partial charge in [0.05, 0.1) is 22.4 Å². The maximum absolute atomic E-state index is 5.84. The van der Waals surface area contributed by atoms with Crippen LogP contribution in [0.2, 0.25) is 0 Å². The molecule has 174 valence electrons. The second kappa shape index (κ2) is 9.53. The van der Waals surface area contributed by atoms with Crippen molar-refractivity contribution in [2.24, 2.45) is 20.5 Å². The summed E-state index contributed by atoms with van der Waals surface area (Å²) in [6, 6.07) is 19.9. The van der Waals surface area contributed by atoms with Crippen LogP contribution in [-0.4, -0.2) is 15.0 Å². The van der Waals surface area contributed by atoms with Gasteiger partial charge in [-0.2, -0.15) is 10.2 Å². The van der Waals surface area contributed by atoms with Crippen molar-refractivity contribution in [2.75, 3.05) is 22.9 Å². The fourth-order valence-electron chi connectivity index (χ4n) is 3.28. The van der Waals surface area contributed by atoms with Crippen LogP contribution in [0, 0.1) is 0 Å². The molecule has 0 fully saturated rings. The maximum Gasteiger partial charge on any atom is 0.153 e. The zero-order valence-electron chi connectivity index (χ0n) is 18.2. The molecule has 0 saturated carbocycles. The third kappa shape index (κ3) is 5.04. The highest BCUT2D eigenvalue weighted by Gasteiger charge is 2.05. The van der Waals surface area contributed by atoms with E-state index in [1.165, 1.54) is 0 Å². The van der Waals surface area contributed by atoms with Crippen LogP contribution in [0.3, 0.4) is 0 Å². The Bertz CT molecular complexity index is 1500. The van der Waals surface area contributed by atoms with Gasteiger partial charge < -0.3 is 22.9 Å². The summed E-state index contributed by atoms with van der Waals surface area (Å²) in [5.74, 6) is 1.08. The first-order chi connectivity index (χ1) is 16.4. The summed E-state index contributed by atoms with van der Waals surface area (Å²) in [4.78, 5) is 12.7. The number of hydrogen-bond donors (Lipinski definition) is 4. The van der Waals surface area contributed by atoms with Crippen LogP contribution in [-0.2, 0) is 0 Å². The number of fused-ring (bicyclic) bond motifs is 2. The Morgan fingerprint density at radius 3 is 1.37 bits per heavy atom. The minimum atomic E-state index is 0. The molecule has 0 saturated heterocycles. The van der Waals surface area contributed by atoms with Crippen molar-refractivity contribution < 1.29 is 0 Å². The highest BCUT2D eigenvalue weighted by Crippen LogP contribution is 2.29. The molecular formula is C23H20ClN11. The molecule has 8 N–H and O–H groups in total. The lowest BCUT2D eigenvalue weighted by Crippen LogP contribution is -1.95. The van der Waals surface area contributed by atoms with Crippen LogP contribution in [0.5, 0.6) is 0 Å². The van der Waals surface area contributed by atoms with Gasteiger partial charge in [-0.25, -0.2) is 15.0 Å². The molecule has 0 amide bonds. The maximum atomic E-state index is 5.84. The number of aromatic nitrogens is 3. The van der Waals surface area contributed by atoms with Gasteiger partial charge in [-0.1, -0.05) is 12.1 Å². The summed E-state index contributed by atoms with van der Waals surface area (Å²) < 4.78 is 0. The normalized spacial score (nSPS) is 11.4. The largest absolute Gasteiger partial charge is 0.384 e. The highest BCUT2D eigenvalue weighted by atomic mass is 35.5. The number of hydrogen-bond acceptors (Lipinski definition) is 11. The van der Waals surface area contributed by atoms with Crippen molar-refractivity contribution in [1.82, 2.24) is 15.0 Å². The second-order valence-corrected chi connectivity index (χ2v) is 7.42. The van der Waals surface area contributed by atoms with Gasteiger partial charge in [-0.05, 0) is 54.6 Å². The lowest BCUT2D eigenvalue weighted by Gasteiger charge is -2.04. The molecule has 0 unspecified atom stereocenters. The Morgan fingerprint density at radius 1 is 0.486 bits per heavy atom. The first-order valence-electron chi connectivity index (χ1n) is 10.2. The molecule has 0 spiro atoms. The molecule has 0 radical (unpaired) electrons. The molecular weight excluding hydrogens is 466 g/mol. The number of rotatable bonds is 4. The average molecular weight is 486 g/mol. The third-order valence-electron chi connectivity index (χ3n) is 4.97. The van der Waals surface area contributed by atoms with E-state index in [2.05, 4.69) is 30.4 Å². The Morgan fingerprint density at radius 2 is 0.943 bits per heavy atom. The number of nitrogen functional groups attached to an aromatic ring is 4. The molecule has 0 aliphatic heterocycles. The zero-order valence-corrected chi connectivity index (χ0v) is 19.0. The van der Waals surface area contributed by atoms with Gasteiger partial charge in [0.2, 0.25) is 0 Å². The minimum Gasteiger partial charge on any atom is -0.384 e. The standard InChI is InChI=1S/C23H19N11.ClH/c24-20-7-5-16(22(26)29-20)33-31-14-3-1-12-9-13-2-4-15(11-19(13)28-18(12)10-14)32-34-17-6-8-21(25)30-23(17)27;/h1-11H,(H4,24,26,29)(H4,25,27,30);1H. The lowest BCUT2D eigenvalue weighted by atomic mass is 10.1. The van der Waals surface area contributed by atoms with Crippen molar-refractivity contribution in [3.63, 3.8) is 0 Å². The van der Waals surface area contributed by atoms with Gasteiger partial charge in [-0.3, -0.25) is 0 Å². The first kappa shape index (κ1) is 23.3. The molecule has 11 nitrogen and oxygen atoms in total. The second-order valence-electron chi connectivity index (χ2n) is 7.42. The van der Waals surface area contributed by atoms with Gasteiger partial charge in [0.1, 0.15) is 23.0 Å². The van der Waals surface area contributed by atoms with Crippen molar-refractivity contribution in [1.29, 1.82) is 0 Å². The summed E-state index contributed by atoms with van der Waals surface area (Å²) >= 11 is 0. The Kier molecular flexibility index (Phi) is 6.34. The lowest BCUT2D eigenvalue weighted by molar-refractivity contribution is 1.21. The van der Waals surface area contributed by atoms with Gasteiger partial charge in [-0.15, -0.1) is 22.6 Å². The molecule has 0 aliphatic carbocycles. The quantitative estimate of drug-likeness (QED) is 0.183. The van der Waals surface area contributed by atoms with Gasteiger partial charge in [0, 0.05) is 10.8 Å². The number of nitrogens with two attached hydrogens (primary N) is 4. The number of benzene rings is 2. The summed E-state index contributed by atoms with van der Waals surface area (Å²) in [5.41, 5.74) is 26.5. The third-order valence-corrected chi connectivity index (χ3v) is 4.97. The summed E-state index contributed by atoms with van der Waals surface area (Å²) in [5, 5.41) is 18.8.